The Labute approximate surface area is 84.1 Å². The summed E-state index contributed by atoms with van der Waals surface area (Å²) >= 11 is 0. The molecule has 1 aromatic rings. The van der Waals surface area contributed by atoms with E-state index in [0.29, 0.717) is 12.0 Å². The van der Waals surface area contributed by atoms with Gasteiger partial charge in [0.1, 0.15) is 5.82 Å². The number of hydrogen-bond donors (Lipinski definition) is 1. The first-order valence-electron chi connectivity index (χ1n) is 4.39. The van der Waals surface area contributed by atoms with Gasteiger partial charge in [-0.15, -0.1) is 0 Å². The van der Waals surface area contributed by atoms with Gasteiger partial charge in [-0.3, -0.25) is 0 Å². The fraction of sp³-hybridized carbons (Fsp3) is 0.400. The summed E-state index contributed by atoms with van der Waals surface area (Å²) in [5.41, 5.74) is 1.40. The van der Waals surface area contributed by atoms with E-state index in [4.69, 9.17) is 4.78 Å². The van der Waals surface area contributed by atoms with Gasteiger partial charge in [0.05, 0.1) is 14.6 Å². The Hall–Kier alpha value is -0.900. The van der Waals surface area contributed by atoms with E-state index in [1.54, 1.807) is 13.0 Å². The summed E-state index contributed by atoms with van der Waals surface area (Å²) in [5.74, 6) is -0.357. The zero-order valence-electron chi connectivity index (χ0n) is 8.56. The van der Waals surface area contributed by atoms with Crippen molar-refractivity contribution in [2.45, 2.75) is 25.2 Å². The van der Waals surface area contributed by atoms with Gasteiger partial charge in [-0.2, -0.15) is 0 Å². The minimum atomic E-state index is -2.81. The standard InChI is InChI=1S/C10H14FNOS/c1-4-9-7(2)5-8(6-10(9)11)14(3,12)13/h5-6,12H,4H2,1-3H3. The molecule has 2 nitrogen and oxygen atoms in total. The molecule has 0 saturated heterocycles. The van der Waals surface area contributed by atoms with E-state index >= 15 is 0 Å². The molecule has 0 aliphatic rings. The second kappa shape index (κ2) is 3.69. The monoisotopic (exact) mass is 215 g/mol. The summed E-state index contributed by atoms with van der Waals surface area (Å²) < 4.78 is 32.2. The molecule has 1 atom stereocenters. The SMILES string of the molecule is CCc1c(C)cc(S(C)(=N)=O)cc1F. The van der Waals surface area contributed by atoms with Crippen LogP contribution in [0.3, 0.4) is 0 Å². The van der Waals surface area contributed by atoms with Crippen LogP contribution in [0.15, 0.2) is 17.0 Å². The molecule has 1 rings (SSSR count). The van der Waals surface area contributed by atoms with E-state index in [-0.39, 0.29) is 10.7 Å². The minimum Gasteiger partial charge on any atom is -0.249 e. The molecule has 0 radical (unpaired) electrons. The van der Waals surface area contributed by atoms with Gasteiger partial charge in [-0.05, 0) is 36.6 Å². The van der Waals surface area contributed by atoms with Crippen molar-refractivity contribution in [1.82, 2.24) is 0 Å². The first-order valence-corrected chi connectivity index (χ1v) is 6.35. The number of aryl methyl sites for hydroxylation is 1. The zero-order chi connectivity index (χ0) is 10.9. The molecule has 0 saturated carbocycles. The molecule has 0 aliphatic heterocycles. The second-order valence-electron chi connectivity index (χ2n) is 3.40. The quantitative estimate of drug-likeness (QED) is 0.809. The van der Waals surface area contributed by atoms with E-state index < -0.39 is 9.73 Å². The summed E-state index contributed by atoms with van der Waals surface area (Å²) in [4.78, 5) is 0.268. The molecule has 1 aromatic carbocycles. The summed E-state index contributed by atoms with van der Waals surface area (Å²) in [6.45, 7) is 3.64. The highest BCUT2D eigenvalue weighted by atomic mass is 32.2. The molecule has 4 heteroatoms. The molecule has 1 unspecified atom stereocenters. The van der Waals surface area contributed by atoms with Crippen LogP contribution in [0.1, 0.15) is 18.1 Å². The highest BCUT2D eigenvalue weighted by molar-refractivity contribution is 7.91. The summed E-state index contributed by atoms with van der Waals surface area (Å²) in [5, 5.41) is 0. The maximum atomic E-state index is 13.4. The molecule has 78 valence electrons. The molecular formula is C10H14FNOS. The van der Waals surface area contributed by atoms with Crippen LogP contribution < -0.4 is 0 Å². The van der Waals surface area contributed by atoms with Crippen molar-refractivity contribution in [3.8, 4) is 0 Å². The molecule has 0 aromatic heterocycles. The van der Waals surface area contributed by atoms with Crippen LogP contribution in [-0.2, 0) is 16.1 Å². The van der Waals surface area contributed by atoms with E-state index in [0.717, 1.165) is 5.56 Å². The van der Waals surface area contributed by atoms with Crippen LogP contribution in [0.5, 0.6) is 0 Å². The van der Waals surface area contributed by atoms with Crippen molar-refractivity contribution in [3.63, 3.8) is 0 Å². The Kier molecular flexibility index (Phi) is 2.95. The Balaban J connectivity index is 3.43. The summed E-state index contributed by atoms with van der Waals surface area (Å²) in [6.07, 6.45) is 1.91. The van der Waals surface area contributed by atoms with Crippen LogP contribution in [-0.4, -0.2) is 10.5 Å². The Morgan fingerprint density at radius 3 is 2.43 bits per heavy atom. The number of halogens is 1. The molecular weight excluding hydrogens is 201 g/mol. The van der Waals surface area contributed by atoms with Crippen molar-refractivity contribution in [2.75, 3.05) is 6.26 Å². The maximum Gasteiger partial charge on any atom is 0.127 e. The summed E-state index contributed by atoms with van der Waals surface area (Å²) in [6, 6.07) is 2.85. The van der Waals surface area contributed by atoms with Gasteiger partial charge in [0, 0.05) is 6.26 Å². The average Bonchev–Trinajstić information content (AvgIpc) is 2.01. The molecule has 0 heterocycles. The number of nitrogens with one attached hydrogen (secondary N) is 1. The first kappa shape index (κ1) is 11.2. The van der Waals surface area contributed by atoms with Gasteiger partial charge >= 0.3 is 0 Å². The van der Waals surface area contributed by atoms with Crippen LogP contribution in [0.4, 0.5) is 4.39 Å². The number of hydrogen-bond acceptors (Lipinski definition) is 2. The van der Waals surface area contributed by atoms with Gasteiger partial charge in [-0.25, -0.2) is 13.4 Å². The second-order valence-corrected chi connectivity index (χ2v) is 5.56. The van der Waals surface area contributed by atoms with Crippen LogP contribution in [0.2, 0.25) is 0 Å². The lowest BCUT2D eigenvalue weighted by atomic mass is 10.1. The lowest BCUT2D eigenvalue weighted by Crippen LogP contribution is -2.00. The van der Waals surface area contributed by atoms with E-state index in [1.165, 1.54) is 12.3 Å². The molecule has 0 fully saturated rings. The lowest BCUT2D eigenvalue weighted by Gasteiger charge is -2.08. The lowest BCUT2D eigenvalue weighted by molar-refractivity contribution is 0.604. The van der Waals surface area contributed by atoms with E-state index in [9.17, 15) is 8.60 Å². The third kappa shape index (κ3) is 2.12. The normalized spacial score (nSPS) is 15.1. The highest BCUT2D eigenvalue weighted by Crippen LogP contribution is 2.19. The highest BCUT2D eigenvalue weighted by Gasteiger charge is 2.10. The van der Waals surface area contributed by atoms with Crippen LogP contribution >= 0.6 is 0 Å². The molecule has 1 N–H and O–H groups in total. The van der Waals surface area contributed by atoms with Crippen LogP contribution in [0, 0.1) is 17.5 Å². The number of rotatable bonds is 2. The topological polar surface area (TPSA) is 40.9 Å². The minimum absolute atomic E-state index is 0.268. The van der Waals surface area contributed by atoms with E-state index in [2.05, 4.69) is 0 Å². The Morgan fingerprint density at radius 1 is 1.50 bits per heavy atom. The Bertz CT molecular complexity index is 428. The molecule has 0 spiro atoms. The van der Waals surface area contributed by atoms with Crippen molar-refractivity contribution < 1.29 is 8.60 Å². The van der Waals surface area contributed by atoms with Crippen molar-refractivity contribution in [3.05, 3.63) is 29.1 Å². The Morgan fingerprint density at radius 2 is 2.07 bits per heavy atom. The predicted molar refractivity (Wildman–Crippen MR) is 55.6 cm³/mol. The third-order valence-corrected chi connectivity index (χ3v) is 3.33. The van der Waals surface area contributed by atoms with Crippen molar-refractivity contribution in [1.29, 1.82) is 4.78 Å². The van der Waals surface area contributed by atoms with Crippen molar-refractivity contribution >= 4 is 9.73 Å². The van der Waals surface area contributed by atoms with Gasteiger partial charge in [0.2, 0.25) is 0 Å². The van der Waals surface area contributed by atoms with Crippen molar-refractivity contribution in [2.24, 2.45) is 0 Å². The average molecular weight is 215 g/mol. The molecule has 0 amide bonds. The largest absolute Gasteiger partial charge is 0.249 e. The molecule has 0 bridgehead atoms. The fourth-order valence-electron chi connectivity index (χ4n) is 1.42. The summed E-state index contributed by atoms with van der Waals surface area (Å²) in [7, 11) is -2.81. The first-order chi connectivity index (χ1) is 6.36. The van der Waals surface area contributed by atoms with Gasteiger partial charge in [0.25, 0.3) is 0 Å². The molecule has 14 heavy (non-hydrogen) atoms. The molecule has 0 aliphatic carbocycles. The smallest absolute Gasteiger partial charge is 0.127 e. The maximum absolute atomic E-state index is 13.4. The number of benzene rings is 1. The van der Waals surface area contributed by atoms with Gasteiger partial charge in [-0.1, -0.05) is 6.92 Å². The predicted octanol–water partition coefficient (Wildman–Crippen LogP) is 2.73. The van der Waals surface area contributed by atoms with E-state index in [1.807, 2.05) is 6.92 Å². The van der Waals surface area contributed by atoms with Gasteiger partial charge in [0.15, 0.2) is 0 Å². The van der Waals surface area contributed by atoms with Gasteiger partial charge < -0.3 is 0 Å². The van der Waals surface area contributed by atoms with Crippen LogP contribution in [0.25, 0.3) is 0 Å². The zero-order valence-corrected chi connectivity index (χ0v) is 9.37. The fourth-order valence-corrected chi connectivity index (χ4v) is 2.15. The third-order valence-electron chi connectivity index (χ3n) is 2.20.